The minimum absolute atomic E-state index is 0.172. The van der Waals surface area contributed by atoms with Crippen molar-refractivity contribution in [2.45, 2.75) is 12.5 Å². The van der Waals surface area contributed by atoms with E-state index in [9.17, 15) is 9.90 Å². The monoisotopic (exact) mass is 356 g/mol. The van der Waals surface area contributed by atoms with E-state index >= 15 is 0 Å². The number of carbonyl (C=O) groups excluding carboxylic acids is 1. The molecular formula is C19H24N4O3. The van der Waals surface area contributed by atoms with E-state index in [1.54, 1.807) is 6.20 Å². The number of rotatable bonds is 5. The molecule has 0 saturated carbocycles. The Morgan fingerprint density at radius 1 is 1.27 bits per heavy atom. The summed E-state index contributed by atoms with van der Waals surface area (Å²) in [5.74, 6) is 0.0752. The zero-order chi connectivity index (χ0) is 18.7. The molecule has 1 N–H and O–H groups in total. The first-order valence-corrected chi connectivity index (χ1v) is 8.58. The Morgan fingerprint density at radius 3 is 2.65 bits per heavy atom. The van der Waals surface area contributed by atoms with E-state index in [-0.39, 0.29) is 18.3 Å². The van der Waals surface area contributed by atoms with Crippen molar-refractivity contribution < 1.29 is 14.6 Å². The van der Waals surface area contributed by atoms with Gasteiger partial charge >= 0.3 is 5.97 Å². The second kappa shape index (κ2) is 7.70. The summed E-state index contributed by atoms with van der Waals surface area (Å²) in [6.45, 7) is 0.934. The van der Waals surface area contributed by atoms with E-state index in [2.05, 4.69) is 9.97 Å². The van der Waals surface area contributed by atoms with E-state index in [1.165, 1.54) is 7.11 Å². The maximum atomic E-state index is 11.5. The summed E-state index contributed by atoms with van der Waals surface area (Å²) in [4.78, 5) is 24.4. The Balaban J connectivity index is 1.76. The lowest BCUT2D eigenvalue weighted by Crippen LogP contribution is -2.23. The predicted octanol–water partition coefficient (Wildman–Crippen LogP) is 1.57. The number of aromatic nitrogens is 2. The number of benzene rings is 1. The largest absolute Gasteiger partial charge is 0.469 e. The fourth-order valence-corrected chi connectivity index (χ4v) is 3.11. The molecule has 0 aliphatic carbocycles. The third-order valence-corrected chi connectivity index (χ3v) is 4.67. The van der Waals surface area contributed by atoms with Gasteiger partial charge in [0.1, 0.15) is 0 Å². The number of anilines is 2. The highest BCUT2D eigenvalue weighted by atomic mass is 16.5. The predicted molar refractivity (Wildman–Crippen MR) is 100 cm³/mol. The van der Waals surface area contributed by atoms with Gasteiger partial charge in [-0.3, -0.25) is 4.79 Å². The maximum absolute atomic E-state index is 11.5. The summed E-state index contributed by atoms with van der Waals surface area (Å²) in [6.07, 6.45) is 1.32. The Hall–Kier alpha value is -2.67. The molecule has 2 heterocycles. The topological polar surface area (TPSA) is 78.8 Å². The van der Waals surface area contributed by atoms with Crippen LogP contribution in [0.3, 0.4) is 0 Å². The summed E-state index contributed by atoms with van der Waals surface area (Å²) in [6, 6.07) is 10.0. The van der Waals surface area contributed by atoms with Gasteiger partial charge in [-0.05, 0) is 18.2 Å². The van der Waals surface area contributed by atoms with Crippen LogP contribution in [0.15, 0.2) is 36.5 Å². The van der Waals surface area contributed by atoms with Crippen molar-refractivity contribution in [3.63, 3.8) is 0 Å². The Morgan fingerprint density at radius 2 is 2.00 bits per heavy atom. The Labute approximate surface area is 153 Å². The highest BCUT2D eigenvalue weighted by molar-refractivity contribution is 5.70. The highest BCUT2D eigenvalue weighted by Crippen LogP contribution is 2.26. The van der Waals surface area contributed by atoms with Gasteiger partial charge in [0.05, 0.1) is 25.3 Å². The summed E-state index contributed by atoms with van der Waals surface area (Å²) < 4.78 is 4.70. The van der Waals surface area contributed by atoms with Gasteiger partial charge in [0.2, 0.25) is 5.95 Å². The number of nitrogens with zero attached hydrogens (tertiary/aromatic N) is 4. The fraction of sp³-hybridized carbons (Fsp3) is 0.421. The van der Waals surface area contributed by atoms with Gasteiger partial charge in [-0.25, -0.2) is 9.97 Å². The summed E-state index contributed by atoms with van der Waals surface area (Å²) >= 11 is 0. The molecular weight excluding hydrogens is 332 g/mol. The summed E-state index contributed by atoms with van der Waals surface area (Å²) in [7, 11) is 5.36. The average molecular weight is 356 g/mol. The lowest BCUT2D eigenvalue weighted by molar-refractivity contribution is -0.142. The second-order valence-corrected chi connectivity index (χ2v) is 6.70. The molecule has 0 bridgehead atoms. The van der Waals surface area contributed by atoms with E-state index in [4.69, 9.17) is 4.74 Å². The van der Waals surface area contributed by atoms with Crippen LogP contribution in [0.25, 0.3) is 11.3 Å². The molecule has 1 aliphatic heterocycles. The molecule has 1 aromatic carbocycles. The molecule has 3 rings (SSSR count). The highest BCUT2D eigenvalue weighted by Gasteiger charge is 2.34. The minimum Gasteiger partial charge on any atom is -0.469 e. The van der Waals surface area contributed by atoms with Gasteiger partial charge in [0.15, 0.2) is 0 Å². The molecule has 7 nitrogen and oxygen atoms in total. The van der Waals surface area contributed by atoms with E-state index in [1.807, 2.05) is 54.2 Å². The number of aliphatic hydroxyl groups excluding tert-OH is 1. The number of β-amino-alcohol motifs (C(OH)–C–C–N with tert-alkyl or cyclic N) is 1. The fourth-order valence-electron chi connectivity index (χ4n) is 3.11. The quantitative estimate of drug-likeness (QED) is 0.815. The molecule has 1 saturated heterocycles. The average Bonchev–Trinajstić information content (AvgIpc) is 3.02. The molecule has 2 aromatic rings. The zero-order valence-corrected chi connectivity index (χ0v) is 15.3. The molecule has 0 radical (unpaired) electrons. The lowest BCUT2D eigenvalue weighted by atomic mass is 10.0. The molecule has 138 valence electrons. The number of carbonyl (C=O) groups is 1. The van der Waals surface area contributed by atoms with Crippen molar-refractivity contribution in [2.75, 3.05) is 44.1 Å². The van der Waals surface area contributed by atoms with Gasteiger partial charge in [-0.2, -0.15) is 0 Å². The zero-order valence-electron chi connectivity index (χ0n) is 15.3. The number of hydrogen-bond acceptors (Lipinski definition) is 7. The minimum atomic E-state index is -0.597. The van der Waals surface area contributed by atoms with Gasteiger partial charge in [-0.15, -0.1) is 0 Å². The maximum Gasteiger partial charge on any atom is 0.305 e. The Kier molecular flexibility index (Phi) is 5.37. The first-order chi connectivity index (χ1) is 12.5. The number of esters is 1. The van der Waals surface area contributed by atoms with Gasteiger partial charge in [-0.1, -0.05) is 12.1 Å². The molecule has 0 spiro atoms. The number of methoxy groups -OCH3 is 1. The Bertz CT molecular complexity index is 764. The van der Waals surface area contributed by atoms with Crippen LogP contribution >= 0.6 is 0 Å². The van der Waals surface area contributed by atoms with Crippen LogP contribution in [-0.2, 0) is 9.53 Å². The standard InChI is InChI=1S/C19H24N4O3/c1-22(2)15-6-4-13(5-7-15)16-8-9-20-19(21-16)23-11-14(17(24)12-23)10-18(25)26-3/h4-9,14,17,24H,10-12H2,1-3H3/t14-,17-/m1/s1. The molecule has 2 atom stereocenters. The smallest absolute Gasteiger partial charge is 0.305 e. The van der Waals surface area contributed by atoms with E-state index in [0.29, 0.717) is 19.0 Å². The lowest BCUT2D eigenvalue weighted by Gasteiger charge is -2.17. The number of ether oxygens (including phenoxy) is 1. The van der Waals surface area contributed by atoms with E-state index < -0.39 is 6.10 Å². The number of hydrogen-bond donors (Lipinski definition) is 1. The van der Waals surface area contributed by atoms with Crippen LogP contribution in [0, 0.1) is 5.92 Å². The van der Waals surface area contributed by atoms with Crippen LogP contribution in [0.5, 0.6) is 0 Å². The van der Waals surface area contributed by atoms with Crippen LogP contribution in [0.2, 0.25) is 0 Å². The first-order valence-electron chi connectivity index (χ1n) is 8.58. The normalized spacial score (nSPS) is 19.5. The van der Waals surface area contributed by atoms with Crippen molar-refractivity contribution in [1.82, 2.24) is 9.97 Å². The van der Waals surface area contributed by atoms with Gasteiger partial charge in [0, 0.05) is 50.6 Å². The van der Waals surface area contributed by atoms with Crippen LogP contribution < -0.4 is 9.80 Å². The van der Waals surface area contributed by atoms with Crippen LogP contribution in [0.4, 0.5) is 11.6 Å². The molecule has 1 fully saturated rings. The van der Waals surface area contributed by atoms with Crippen molar-refractivity contribution >= 4 is 17.6 Å². The van der Waals surface area contributed by atoms with Crippen molar-refractivity contribution in [2.24, 2.45) is 5.92 Å². The molecule has 1 aliphatic rings. The molecule has 7 heteroatoms. The van der Waals surface area contributed by atoms with Crippen molar-refractivity contribution in [3.05, 3.63) is 36.5 Å². The molecule has 26 heavy (non-hydrogen) atoms. The molecule has 0 unspecified atom stereocenters. The second-order valence-electron chi connectivity index (χ2n) is 6.70. The molecule has 1 aromatic heterocycles. The third-order valence-electron chi connectivity index (χ3n) is 4.67. The number of aliphatic hydroxyl groups is 1. The summed E-state index contributed by atoms with van der Waals surface area (Å²) in [5, 5.41) is 10.2. The van der Waals surface area contributed by atoms with Crippen molar-refractivity contribution in [3.8, 4) is 11.3 Å². The van der Waals surface area contributed by atoms with Crippen molar-refractivity contribution in [1.29, 1.82) is 0 Å². The SMILES string of the molecule is COC(=O)C[C@@H]1CN(c2nccc(-c3ccc(N(C)C)cc3)n2)C[C@H]1O. The van der Waals surface area contributed by atoms with Gasteiger partial charge in [0.25, 0.3) is 0 Å². The van der Waals surface area contributed by atoms with Gasteiger partial charge < -0.3 is 19.6 Å². The van der Waals surface area contributed by atoms with Crippen LogP contribution in [0.1, 0.15) is 6.42 Å². The van der Waals surface area contributed by atoms with Crippen LogP contribution in [-0.4, -0.2) is 61.4 Å². The third kappa shape index (κ3) is 3.94. The first kappa shape index (κ1) is 18.1. The molecule has 0 amide bonds. The summed E-state index contributed by atoms with van der Waals surface area (Å²) in [5.41, 5.74) is 2.95. The van der Waals surface area contributed by atoms with E-state index in [0.717, 1.165) is 16.9 Å².